The van der Waals surface area contributed by atoms with Crippen molar-refractivity contribution in [2.24, 2.45) is 5.92 Å². The summed E-state index contributed by atoms with van der Waals surface area (Å²) in [6.07, 6.45) is 2.78. The van der Waals surface area contributed by atoms with E-state index in [-0.39, 0.29) is 34.9 Å². The SMILES string of the molecule is CCOC(=O)C1CCN(Cc2c(O)ccc3c2O/C(=C/c2cccc([N+](=O)[O-])c2)C3=O)CC1. The van der Waals surface area contributed by atoms with Crippen LogP contribution in [0.25, 0.3) is 6.08 Å². The highest BCUT2D eigenvalue weighted by molar-refractivity contribution is 6.15. The second kappa shape index (κ2) is 9.41. The fourth-order valence-corrected chi connectivity index (χ4v) is 4.14. The van der Waals surface area contributed by atoms with Crippen molar-refractivity contribution in [1.29, 1.82) is 0 Å². The number of esters is 1. The second-order valence-corrected chi connectivity index (χ2v) is 8.03. The van der Waals surface area contributed by atoms with E-state index < -0.39 is 4.92 Å². The maximum Gasteiger partial charge on any atom is 0.309 e. The zero-order valence-electron chi connectivity index (χ0n) is 18.2. The van der Waals surface area contributed by atoms with Gasteiger partial charge in [-0.2, -0.15) is 0 Å². The smallest absolute Gasteiger partial charge is 0.309 e. The monoisotopic (exact) mass is 452 g/mol. The number of phenols is 1. The summed E-state index contributed by atoms with van der Waals surface area (Å²) in [7, 11) is 0. The average Bonchev–Trinajstić information content (AvgIpc) is 3.12. The fraction of sp³-hybridized carbons (Fsp3) is 0.333. The number of nitro groups is 1. The van der Waals surface area contributed by atoms with Gasteiger partial charge in [0.25, 0.3) is 5.69 Å². The summed E-state index contributed by atoms with van der Waals surface area (Å²) in [4.78, 5) is 37.5. The van der Waals surface area contributed by atoms with Crippen LogP contribution in [-0.2, 0) is 16.1 Å². The van der Waals surface area contributed by atoms with Crippen molar-refractivity contribution in [2.75, 3.05) is 19.7 Å². The van der Waals surface area contributed by atoms with E-state index in [0.29, 0.717) is 61.5 Å². The molecule has 2 aliphatic rings. The molecule has 172 valence electrons. The van der Waals surface area contributed by atoms with E-state index in [4.69, 9.17) is 9.47 Å². The van der Waals surface area contributed by atoms with E-state index in [2.05, 4.69) is 4.90 Å². The van der Waals surface area contributed by atoms with Crippen molar-refractivity contribution in [1.82, 2.24) is 4.90 Å². The molecule has 2 aromatic carbocycles. The maximum atomic E-state index is 12.9. The van der Waals surface area contributed by atoms with Gasteiger partial charge in [0.1, 0.15) is 11.5 Å². The van der Waals surface area contributed by atoms with Crippen LogP contribution in [0.5, 0.6) is 11.5 Å². The van der Waals surface area contributed by atoms with Crippen LogP contribution in [-0.4, -0.2) is 46.4 Å². The van der Waals surface area contributed by atoms with Crippen molar-refractivity contribution in [2.45, 2.75) is 26.3 Å². The lowest BCUT2D eigenvalue weighted by Crippen LogP contribution is -2.36. The molecule has 0 atom stereocenters. The van der Waals surface area contributed by atoms with Crippen molar-refractivity contribution in [3.05, 3.63) is 69.0 Å². The molecule has 4 rings (SSSR count). The largest absolute Gasteiger partial charge is 0.507 e. The van der Waals surface area contributed by atoms with Gasteiger partial charge in [0.2, 0.25) is 5.78 Å². The molecule has 2 heterocycles. The zero-order chi connectivity index (χ0) is 23.5. The van der Waals surface area contributed by atoms with E-state index in [1.54, 1.807) is 13.0 Å². The summed E-state index contributed by atoms with van der Waals surface area (Å²) >= 11 is 0. The first-order chi connectivity index (χ1) is 15.9. The van der Waals surface area contributed by atoms with Gasteiger partial charge in [-0.1, -0.05) is 12.1 Å². The van der Waals surface area contributed by atoms with Gasteiger partial charge in [-0.3, -0.25) is 24.6 Å². The fourth-order valence-electron chi connectivity index (χ4n) is 4.14. The number of Topliss-reactive ketones (excluding diaryl/α,β-unsaturated/α-hetero) is 1. The Bertz CT molecular complexity index is 1130. The zero-order valence-corrected chi connectivity index (χ0v) is 18.2. The van der Waals surface area contributed by atoms with Crippen molar-refractivity contribution >= 4 is 23.5 Å². The van der Waals surface area contributed by atoms with Gasteiger partial charge in [0.15, 0.2) is 5.76 Å². The van der Waals surface area contributed by atoms with E-state index in [9.17, 15) is 24.8 Å². The van der Waals surface area contributed by atoms with Crippen LogP contribution in [0.4, 0.5) is 5.69 Å². The predicted molar refractivity (Wildman–Crippen MR) is 119 cm³/mol. The number of piperidine rings is 1. The molecule has 0 aromatic heterocycles. The van der Waals surface area contributed by atoms with Gasteiger partial charge in [-0.15, -0.1) is 0 Å². The number of allylic oxidation sites excluding steroid dienone is 1. The van der Waals surface area contributed by atoms with E-state index in [0.717, 1.165) is 0 Å². The topological polar surface area (TPSA) is 119 Å². The lowest BCUT2D eigenvalue weighted by Gasteiger charge is -2.31. The van der Waals surface area contributed by atoms with E-state index in [1.165, 1.54) is 36.4 Å². The van der Waals surface area contributed by atoms with Gasteiger partial charge in [-0.05, 0) is 56.6 Å². The molecule has 9 nitrogen and oxygen atoms in total. The van der Waals surface area contributed by atoms with Crippen molar-refractivity contribution < 1.29 is 29.1 Å². The standard InChI is InChI=1S/C24H24N2O7/c1-2-32-24(29)16-8-10-25(11-9-16)14-19-20(27)7-6-18-22(28)21(33-23(18)19)13-15-4-3-5-17(12-15)26(30)31/h3-7,12-13,16,27H,2,8-11,14H2,1H3/b21-13+. The van der Waals surface area contributed by atoms with Gasteiger partial charge in [0, 0.05) is 18.7 Å². The number of ether oxygens (including phenoxy) is 2. The van der Waals surface area contributed by atoms with Crippen LogP contribution in [0, 0.1) is 16.0 Å². The Hall–Kier alpha value is -3.72. The average molecular weight is 452 g/mol. The highest BCUT2D eigenvalue weighted by Gasteiger charge is 2.33. The van der Waals surface area contributed by atoms with Crippen LogP contribution in [0.15, 0.2) is 42.2 Å². The summed E-state index contributed by atoms with van der Waals surface area (Å²) in [5.74, 6) is -0.295. The van der Waals surface area contributed by atoms with Crippen LogP contribution < -0.4 is 4.74 Å². The first-order valence-electron chi connectivity index (χ1n) is 10.8. The number of nitrogens with zero attached hydrogens (tertiary/aromatic N) is 2. The number of ketones is 1. The van der Waals surface area contributed by atoms with E-state index >= 15 is 0 Å². The molecule has 2 aliphatic heterocycles. The molecule has 0 radical (unpaired) electrons. The molecule has 9 heteroatoms. The first-order valence-corrected chi connectivity index (χ1v) is 10.8. The minimum absolute atomic E-state index is 0.0191. The number of aromatic hydroxyl groups is 1. The summed E-state index contributed by atoms with van der Waals surface area (Å²) in [6.45, 7) is 3.81. The second-order valence-electron chi connectivity index (χ2n) is 8.03. The number of hydrogen-bond acceptors (Lipinski definition) is 8. The number of likely N-dealkylation sites (tertiary alicyclic amines) is 1. The first kappa shape index (κ1) is 22.5. The number of non-ortho nitro benzene ring substituents is 1. The van der Waals surface area contributed by atoms with Crippen LogP contribution in [0.2, 0.25) is 0 Å². The van der Waals surface area contributed by atoms with Crippen molar-refractivity contribution in [3.63, 3.8) is 0 Å². The molecule has 1 fully saturated rings. The third-order valence-electron chi connectivity index (χ3n) is 5.88. The Morgan fingerprint density at radius 3 is 2.76 bits per heavy atom. The number of carbonyl (C=O) groups excluding carboxylic acids is 2. The Kier molecular flexibility index (Phi) is 6.41. The summed E-state index contributed by atoms with van der Waals surface area (Å²) in [6, 6.07) is 8.89. The number of fused-ring (bicyclic) bond motifs is 1. The lowest BCUT2D eigenvalue weighted by molar-refractivity contribution is -0.384. The van der Waals surface area contributed by atoms with Gasteiger partial charge in [0.05, 0.1) is 28.6 Å². The third-order valence-corrected chi connectivity index (χ3v) is 5.88. The third kappa shape index (κ3) is 4.73. The number of benzene rings is 2. The summed E-state index contributed by atoms with van der Waals surface area (Å²) < 4.78 is 11.0. The van der Waals surface area contributed by atoms with Crippen LogP contribution in [0.3, 0.4) is 0 Å². The Morgan fingerprint density at radius 1 is 1.30 bits per heavy atom. The normalized spacial score (nSPS) is 17.6. The van der Waals surface area contributed by atoms with Crippen molar-refractivity contribution in [3.8, 4) is 11.5 Å². The Labute approximate surface area is 190 Å². The minimum atomic E-state index is -0.505. The van der Waals surface area contributed by atoms with Gasteiger partial charge < -0.3 is 14.6 Å². The molecule has 33 heavy (non-hydrogen) atoms. The predicted octanol–water partition coefficient (Wildman–Crippen LogP) is 3.69. The molecule has 1 saturated heterocycles. The molecule has 0 spiro atoms. The Balaban J connectivity index is 1.52. The number of phenolic OH excluding ortho intramolecular Hbond substituents is 1. The van der Waals surface area contributed by atoms with E-state index in [1.807, 2.05) is 0 Å². The van der Waals surface area contributed by atoms with Gasteiger partial charge in [-0.25, -0.2) is 0 Å². The number of nitro benzene ring substituents is 1. The Morgan fingerprint density at radius 2 is 2.06 bits per heavy atom. The molecular formula is C24H24N2O7. The highest BCUT2D eigenvalue weighted by atomic mass is 16.6. The summed E-state index contributed by atoms with van der Waals surface area (Å²) in [5, 5.41) is 21.5. The number of carbonyl (C=O) groups is 2. The molecule has 0 bridgehead atoms. The quantitative estimate of drug-likeness (QED) is 0.305. The van der Waals surface area contributed by atoms with Crippen LogP contribution >= 0.6 is 0 Å². The summed E-state index contributed by atoms with van der Waals surface area (Å²) in [5.41, 5.74) is 1.21. The van der Waals surface area contributed by atoms with Gasteiger partial charge >= 0.3 is 5.97 Å². The number of hydrogen-bond donors (Lipinski definition) is 1. The maximum absolute atomic E-state index is 12.9. The molecule has 0 saturated carbocycles. The minimum Gasteiger partial charge on any atom is -0.507 e. The number of rotatable bonds is 6. The molecule has 1 N–H and O–H groups in total. The molecule has 0 amide bonds. The van der Waals surface area contributed by atoms with Crippen LogP contribution in [0.1, 0.15) is 41.3 Å². The highest BCUT2D eigenvalue weighted by Crippen LogP contribution is 2.40. The molecule has 0 unspecified atom stereocenters. The molecule has 0 aliphatic carbocycles. The lowest BCUT2D eigenvalue weighted by atomic mass is 9.96. The molecule has 2 aromatic rings. The molecular weight excluding hydrogens is 428 g/mol.